The second-order valence-corrected chi connectivity index (χ2v) is 7.87. The van der Waals surface area contributed by atoms with Crippen LogP contribution in [0.4, 0.5) is 5.82 Å². The molecule has 11 nitrogen and oxygen atoms in total. The van der Waals surface area contributed by atoms with Gasteiger partial charge in [-0.3, -0.25) is 9.63 Å². The molecule has 2 heterocycles. The number of ether oxygens (including phenoxy) is 2. The molecule has 11 heteroatoms. The molecule has 1 aromatic heterocycles. The average molecular weight is 443 g/mol. The van der Waals surface area contributed by atoms with Crippen molar-refractivity contribution in [1.29, 1.82) is 5.26 Å². The van der Waals surface area contributed by atoms with Crippen molar-refractivity contribution in [3.63, 3.8) is 0 Å². The molecule has 32 heavy (non-hydrogen) atoms. The summed E-state index contributed by atoms with van der Waals surface area (Å²) in [5.74, 6) is -0.897. The summed E-state index contributed by atoms with van der Waals surface area (Å²) in [5.41, 5.74) is 7.87. The first-order chi connectivity index (χ1) is 15.2. The minimum atomic E-state index is -1.17. The van der Waals surface area contributed by atoms with Crippen LogP contribution in [-0.2, 0) is 9.57 Å². The smallest absolute Gasteiger partial charge is 0.284 e. The first kappa shape index (κ1) is 23.4. The van der Waals surface area contributed by atoms with Crippen LogP contribution in [0.5, 0.6) is 5.88 Å². The molecule has 1 aliphatic heterocycles. The van der Waals surface area contributed by atoms with Crippen molar-refractivity contribution >= 4 is 11.7 Å². The third-order valence-corrected chi connectivity index (χ3v) is 4.56. The lowest BCUT2D eigenvalue weighted by Gasteiger charge is -2.21. The van der Waals surface area contributed by atoms with Crippen molar-refractivity contribution in [2.24, 2.45) is 0 Å². The van der Waals surface area contributed by atoms with Crippen LogP contribution < -0.4 is 16.0 Å². The zero-order valence-corrected chi connectivity index (χ0v) is 17.7. The van der Waals surface area contributed by atoms with Gasteiger partial charge in [0.05, 0.1) is 30.4 Å². The Morgan fingerprint density at radius 3 is 2.91 bits per heavy atom. The SMILES string of the molecule is CC(C)(O)CONC(=O)c1c(N)nc(-c2cccc(C#N)c2)nc1O[C@@H]1CCO[C@@H]1CO. The highest BCUT2D eigenvalue weighted by Crippen LogP contribution is 2.29. The summed E-state index contributed by atoms with van der Waals surface area (Å²) in [6.45, 7) is 2.98. The second-order valence-electron chi connectivity index (χ2n) is 7.87. The van der Waals surface area contributed by atoms with Gasteiger partial charge < -0.3 is 25.4 Å². The molecule has 3 rings (SSSR count). The van der Waals surface area contributed by atoms with Crippen LogP contribution >= 0.6 is 0 Å². The molecular formula is C21H25N5O6. The van der Waals surface area contributed by atoms with Crippen LogP contribution in [0.3, 0.4) is 0 Å². The Labute approximate surface area is 184 Å². The molecule has 1 saturated heterocycles. The standard InChI is InChI=1S/C21H25N5O6/c1-21(2,29)11-31-26-19(28)16-17(23)24-18(13-5-3-4-12(8-13)9-22)25-20(16)32-14-6-7-30-15(14)10-27/h3-5,8,14-15,27,29H,6-7,10-11H2,1-2H3,(H,26,28)(H2,23,24,25)/t14-,15-/m1/s1. The zero-order chi connectivity index (χ0) is 23.3. The second kappa shape index (κ2) is 9.88. The molecular weight excluding hydrogens is 418 g/mol. The van der Waals surface area contributed by atoms with E-state index in [9.17, 15) is 15.0 Å². The first-order valence-corrected chi connectivity index (χ1v) is 9.93. The molecule has 1 amide bonds. The van der Waals surface area contributed by atoms with Crippen LogP contribution in [0.15, 0.2) is 24.3 Å². The molecule has 0 aliphatic carbocycles. The van der Waals surface area contributed by atoms with E-state index in [4.69, 9.17) is 25.3 Å². The van der Waals surface area contributed by atoms with Crippen LogP contribution in [0.1, 0.15) is 36.2 Å². The van der Waals surface area contributed by atoms with Gasteiger partial charge in [0, 0.05) is 12.0 Å². The number of hydroxylamine groups is 1. The van der Waals surface area contributed by atoms with Gasteiger partial charge in [-0.25, -0.2) is 10.5 Å². The molecule has 0 unspecified atom stereocenters. The van der Waals surface area contributed by atoms with E-state index < -0.39 is 23.7 Å². The van der Waals surface area contributed by atoms with Crippen LogP contribution in [-0.4, -0.2) is 63.7 Å². The van der Waals surface area contributed by atoms with E-state index in [1.807, 2.05) is 6.07 Å². The number of nitrogens with one attached hydrogen (secondary N) is 1. The van der Waals surface area contributed by atoms with E-state index in [-0.39, 0.29) is 36.3 Å². The Hall–Kier alpha value is -3.30. The Morgan fingerprint density at radius 1 is 1.44 bits per heavy atom. The molecule has 0 radical (unpaired) electrons. The number of hydrogen-bond acceptors (Lipinski definition) is 10. The summed E-state index contributed by atoms with van der Waals surface area (Å²) >= 11 is 0. The molecule has 0 bridgehead atoms. The Morgan fingerprint density at radius 2 is 2.22 bits per heavy atom. The number of nitriles is 1. The third kappa shape index (κ3) is 5.68. The van der Waals surface area contributed by atoms with Gasteiger partial charge >= 0.3 is 0 Å². The molecule has 0 spiro atoms. The molecule has 1 aromatic carbocycles. The van der Waals surface area contributed by atoms with Gasteiger partial charge in [0.2, 0.25) is 5.88 Å². The van der Waals surface area contributed by atoms with E-state index in [1.54, 1.807) is 24.3 Å². The predicted octanol–water partition coefficient (Wildman–Crippen LogP) is 0.558. The number of carbonyl (C=O) groups is 1. The van der Waals surface area contributed by atoms with Gasteiger partial charge in [-0.2, -0.15) is 10.2 Å². The van der Waals surface area contributed by atoms with Gasteiger partial charge in [-0.15, -0.1) is 0 Å². The lowest BCUT2D eigenvalue weighted by atomic mass is 10.1. The monoisotopic (exact) mass is 443 g/mol. The Kier molecular flexibility index (Phi) is 7.22. The van der Waals surface area contributed by atoms with Crippen LogP contribution in [0.25, 0.3) is 11.4 Å². The molecule has 1 aliphatic rings. The average Bonchev–Trinajstić information content (AvgIpc) is 3.19. The van der Waals surface area contributed by atoms with E-state index in [1.165, 1.54) is 13.8 Å². The summed E-state index contributed by atoms with van der Waals surface area (Å²) < 4.78 is 11.4. The normalized spacial score (nSPS) is 18.2. The minimum absolute atomic E-state index is 0.117. The van der Waals surface area contributed by atoms with Gasteiger partial charge in [0.25, 0.3) is 5.91 Å². The number of aliphatic hydroxyl groups excluding tert-OH is 1. The summed E-state index contributed by atoms with van der Waals surface area (Å²) in [4.78, 5) is 26.4. The topological polar surface area (TPSA) is 173 Å². The number of nitrogens with two attached hydrogens (primary N) is 1. The number of carbonyl (C=O) groups excluding carboxylic acids is 1. The van der Waals surface area contributed by atoms with E-state index in [0.717, 1.165) is 0 Å². The number of rotatable bonds is 8. The highest BCUT2D eigenvalue weighted by molar-refractivity contribution is 6.00. The minimum Gasteiger partial charge on any atom is -0.471 e. The maximum Gasteiger partial charge on any atom is 0.284 e. The van der Waals surface area contributed by atoms with Gasteiger partial charge in [0.1, 0.15) is 30.2 Å². The lowest BCUT2D eigenvalue weighted by Crippen LogP contribution is -2.35. The largest absolute Gasteiger partial charge is 0.471 e. The number of benzene rings is 1. The highest BCUT2D eigenvalue weighted by atomic mass is 16.7. The summed E-state index contributed by atoms with van der Waals surface area (Å²) in [5, 5.41) is 28.4. The van der Waals surface area contributed by atoms with Gasteiger partial charge in [-0.05, 0) is 26.0 Å². The van der Waals surface area contributed by atoms with Crippen LogP contribution in [0.2, 0.25) is 0 Å². The molecule has 1 fully saturated rings. The number of aliphatic hydroxyl groups is 2. The maximum absolute atomic E-state index is 12.8. The quantitative estimate of drug-likeness (QED) is 0.422. The van der Waals surface area contributed by atoms with E-state index in [0.29, 0.717) is 24.2 Å². The van der Waals surface area contributed by atoms with E-state index >= 15 is 0 Å². The van der Waals surface area contributed by atoms with Gasteiger partial charge in [-0.1, -0.05) is 12.1 Å². The first-order valence-electron chi connectivity index (χ1n) is 9.93. The van der Waals surface area contributed by atoms with Gasteiger partial charge in [0.15, 0.2) is 5.82 Å². The van der Waals surface area contributed by atoms with Crippen molar-refractivity contribution in [3.8, 4) is 23.3 Å². The van der Waals surface area contributed by atoms with Crippen LogP contribution in [0, 0.1) is 11.3 Å². The Balaban J connectivity index is 1.97. The summed E-state index contributed by atoms with van der Waals surface area (Å²) in [6, 6.07) is 8.62. The fraction of sp³-hybridized carbons (Fsp3) is 0.429. The number of nitrogens with zero attached hydrogens (tertiary/aromatic N) is 3. The third-order valence-electron chi connectivity index (χ3n) is 4.56. The number of amides is 1. The fourth-order valence-corrected chi connectivity index (χ4v) is 3.02. The predicted molar refractivity (Wildman–Crippen MR) is 112 cm³/mol. The fourth-order valence-electron chi connectivity index (χ4n) is 3.02. The summed E-state index contributed by atoms with van der Waals surface area (Å²) in [6.07, 6.45) is -0.666. The molecule has 170 valence electrons. The number of aromatic nitrogens is 2. The lowest BCUT2D eigenvalue weighted by molar-refractivity contribution is -0.0523. The molecule has 2 aromatic rings. The molecule has 0 saturated carbocycles. The number of anilines is 1. The van der Waals surface area contributed by atoms with E-state index in [2.05, 4.69) is 15.4 Å². The highest BCUT2D eigenvalue weighted by Gasteiger charge is 2.32. The number of nitrogen functional groups attached to an aromatic ring is 1. The summed E-state index contributed by atoms with van der Waals surface area (Å²) in [7, 11) is 0. The van der Waals surface area contributed by atoms with Crippen molar-refractivity contribution in [3.05, 3.63) is 35.4 Å². The zero-order valence-electron chi connectivity index (χ0n) is 17.7. The number of hydrogen-bond donors (Lipinski definition) is 4. The van der Waals surface area contributed by atoms with Crippen molar-refractivity contribution in [2.75, 3.05) is 25.6 Å². The van der Waals surface area contributed by atoms with Crippen molar-refractivity contribution in [2.45, 2.75) is 38.1 Å². The molecule has 5 N–H and O–H groups in total. The molecule has 2 atom stereocenters. The maximum atomic E-state index is 12.8. The van der Waals surface area contributed by atoms with Crippen molar-refractivity contribution < 1.29 is 29.3 Å². The van der Waals surface area contributed by atoms with Crippen molar-refractivity contribution in [1.82, 2.24) is 15.4 Å². The Bertz CT molecular complexity index is 1020.